The van der Waals surface area contributed by atoms with Crippen LogP contribution in [0.25, 0.3) is 0 Å². The molecule has 0 N–H and O–H groups in total. The number of hydrogen-bond donors (Lipinski definition) is 0. The third kappa shape index (κ3) is 3.35. The fraction of sp³-hybridized carbons (Fsp3) is 0.600. The molecule has 1 atom stereocenters. The van der Waals surface area contributed by atoms with Gasteiger partial charge in [-0.15, -0.1) is 0 Å². The molecule has 0 aromatic heterocycles. The molecule has 1 fully saturated rings. The Labute approximate surface area is 109 Å². The molecule has 16 heavy (non-hydrogen) atoms. The van der Waals surface area contributed by atoms with Crippen LogP contribution < -0.4 is 0 Å². The van der Waals surface area contributed by atoms with Crippen molar-refractivity contribution in [2.75, 3.05) is 0 Å². The van der Waals surface area contributed by atoms with Gasteiger partial charge in [0.15, 0.2) is 0 Å². The maximum atomic E-state index is 3.77. The van der Waals surface area contributed by atoms with Gasteiger partial charge in [0.1, 0.15) is 0 Å². The van der Waals surface area contributed by atoms with E-state index in [1.165, 1.54) is 40.5 Å². The Kier molecular flexibility index (Phi) is 5.04. The van der Waals surface area contributed by atoms with Crippen molar-refractivity contribution in [3.63, 3.8) is 0 Å². The highest BCUT2D eigenvalue weighted by atomic mass is 79.9. The zero-order chi connectivity index (χ0) is 12.3. The van der Waals surface area contributed by atoms with Gasteiger partial charge in [0, 0.05) is 10.4 Å². The Morgan fingerprint density at radius 3 is 2.31 bits per heavy atom. The molecule has 1 saturated carbocycles. The van der Waals surface area contributed by atoms with Crippen LogP contribution in [0.1, 0.15) is 53.9 Å². The van der Waals surface area contributed by atoms with E-state index >= 15 is 0 Å². The Morgan fingerprint density at radius 1 is 1.19 bits per heavy atom. The van der Waals surface area contributed by atoms with E-state index in [-0.39, 0.29) is 0 Å². The summed E-state index contributed by atoms with van der Waals surface area (Å²) in [4.78, 5) is 0. The summed E-state index contributed by atoms with van der Waals surface area (Å²) >= 11 is 3.77. The molecule has 0 spiro atoms. The van der Waals surface area contributed by atoms with E-state index in [2.05, 4.69) is 56.6 Å². The molecular formula is C15H23Br. The molecular weight excluding hydrogens is 260 g/mol. The van der Waals surface area contributed by atoms with Crippen LogP contribution in [0.4, 0.5) is 0 Å². The number of hydrogen-bond acceptors (Lipinski definition) is 0. The molecule has 1 unspecified atom stereocenters. The molecule has 0 bridgehead atoms. The first kappa shape index (κ1) is 13.8. The average molecular weight is 283 g/mol. The van der Waals surface area contributed by atoms with Gasteiger partial charge in [0.2, 0.25) is 0 Å². The summed E-state index contributed by atoms with van der Waals surface area (Å²) in [7, 11) is 0. The lowest BCUT2D eigenvalue weighted by Crippen LogP contribution is -2.00. The SMILES string of the molecule is CC(C)=C/C(C)=C1/CCCC1C(Br)=C(C)C. The normalized spacial score (nSPS) is 23.0. The second-order valence-corrected chi connectivity index (χ2v) is 6.08. The maximum Gasteiger partial charge on any atom is 0.0119 e. The Morgan fingerprint density at radius 2 is 1.81 bits per heavy atom. The second kappa shape index (κ2) is 5.86. The molecule has 1 rings (SSSR count). The van der Waals surface area contributed by atoms with Crippen molar-refractivity contribution >= 4 is 15.9 Å². The highest BCUT2D eigenvalue weighted by molar-refractivity contribution is 9.11. The molecule has 0 radical (unpaired) electrons. The van der Waals surface area contributed by atoms with Crippen LogP contribution in [-0.2, 0) is 0 Å². The van der Waals surface area contributed by atoms with E-state index in [9.17, 15) is 0 Å². The van der Waals surface area contributed by atoms with Crippen LogP contribution in [-0.4, -0.2) is 0 Å². The lowest BCUT2D eigenvalue weighted by molar-refractivity contribution is 0.748. The standard InChI is InChI=1S/C15H23Br/c1-10(2)9-12(5)13-7-6-8-14(13)15(16)11(3)4/h9,14H,6-8H2,1-5H3/b13-12-. The van der Waals surface area contributed by atoms with E-state index in [0.717, 1.165) is 0 Å². The molecule has 1 heteroatoms. The summed E-state index contributed by atoms with van der Waals surface area (Å²) in [6, 6.07) is 0. The maximum absolute atomic E-state index is 3.77. The molecule has 0 aliphatic heterocycles. The lowest BCUT2D eigenvalue weighted by Gasteiger charge is -2.15. The zero-order valence-electron chi connectivity index (χ0n) is 11.2. The highest BCUT2D eigenvalue weighted by Gasteiger charge is 2.25. The topological polar surface area (TPSA) is 0 Å². The minimum atomic E-state index is 0.639. The smallest absolute Gasteiger partial charge is 0.0119 e. The van der Waals surface area contributed by atoms with Crippen LogP contribution in [0.15, 0.2) is 32.9 Å². The molecule has 0 nitrogen and oxygen atoms in total. The summed E-state index contributed by atoms with van der Waals surface area (Å²) in [5.41, 5.74) is 5.91. The first-order valence-corrected chi connectivity index (χ1v) is 6.90. The largest absolute Gasteiger partial charge is 0.0762 e. The van der Waals surface area contributed by atoms with Gasteiger partial charge >= 0.3 is 0 Å². The molecule has 0 heterocycles. The number of halogens is 1. The average Bonchev–Trinajstić information content (AvgIpc) is 2.63. The van der Waals surface area contributed by atoms with Gasteiger partial charge in [-0.3, -0.25) is 0 Å². The van der Waals surface area contributed by atoms with Crippen LogP contribution in [0, 0.1) is 5.92 Å². The Hall–Kier alpha value is -0.300. The summed E-state index contributed by atoms with van der Waals surface area (Å²) in [6.07, 6.45) is 6.22. The van der Waals surface area contributed by atoms with Crippen molar-refractivity contribution in [2.24, 2.45) is 5.92 Å². The highest BCUT2D eigenvalue weighted by Crippen LogP contribution is 2.41. The van der Waals surface area contributed by atoms with Gasteiger partial charge in [0.05, 0.1) is 0 Å². The van der Waals surface area contributed by atoms with Crippen molar-refractivity contribution in [2.45, 2.75) is 53.9 Å². The minimum Gasteiger partial charge on any atom is -0.0762 e. The lowest BCUT2D eigenvalue weighted by atomic mass is 9.95. The fourth-order valence-corrected chi connectivity index (χ4v) is 2.98. The van der Waals surface area contributed by atoms with Crippen LogP contribution >= 0.6 is 15.9 Å². The third-order valence-corrected chi connectivity index (χ3v) is 4.50. The van der Waals surface area contributed by atoms with Gasteiger partial charge in [-0.2, -0.15) is 0 Å². The predicted molar refractivity (Wildman–Crippen MR) is 76.8 cm³/mol. The van der Waals surface area contributed by atoms with E-state index < -0.39 is 0 Å². The summed E-state index contributed by atoms with van der Waals surface area (Å²) < 4.78 is 1.40. The van der Waals surface area contributed by atoms with Gasteiger partial charge < -0.3 is 0 Å². The van der Waals surface area contributed by atoms with Crippen LogP contribution in [0.3, 0.4) is 0 Å². The number of rotatable bonds is 2. The van der Waals surface area contributed by atoms with Crippen molar-refractivity contribution in [1.29, 1.82) is 0 Å². The monoisotopic (exact) mass is 282 g/mol. The summed E-state index contributed by atoms with van der Waals surface area (Å²) in [5.74, 6) is 0.639. The first-order chi connectivity index (χ1) is 7.43. The minimum absolute atomic E-state index is 0.639. The molecule has 0 aromatic carbocycles. The summed E-state index contributed by atoms with van der Waals surface area (Å²) in [5, 5.41) is 0. The van der Waals surface area contributed by atoms with E-state index in [4.69, 9.17) is 0 Å². The van der Waals surface area contributed by atoms with Crippen LogP contribution in [0.5, 0.6) is 0 Å². The number of allylic oxidation sites excluding steroid dienone is 6. The summed E-state index contributed by atoms with van der Waals surface area (Å²) in [6.45, 7) is 11.0. The first-order valence-electron chi connectivity index (χ1n) is 6.11. The Bertz CT molecular complexity index is 348. The molecule has 1 aliphatic carbocycles. The van der Waals surface area contributed by atoms with Gasteiger partial charge in [-0.1, -0.05) is 44.3 Å². The molecule has 90 valence electrons. The van der Waals surface area contributed by atoms with Gasteiger partial charge in [-0.25, -0.2) is 0 Å². The quantitative estimate of drug-likeness (QED) is 0.604. The molecule has 0 aromatic rings. The third-order valence-electron chi connectivity index (χ3n) is 3.15. The van der Waals surface area contributed by atoms with Crippen molar-refractivity contribution < 1.29 is 0 Å². The molecule has 1 aliphatic rings. The Balaban J connectivity index is 3.06. The fourth-order valence-electron chi connectivity index (χ4n) is 2.47. The van der Waals surface area contributed by atoms with Crippen LogP contribution in [0.2, 0.25) is 0 Å². The van der Waals surface area contributed by atoms with E-state index in [1.54, 1.807) is 5.57 Å². The van der Waals surface area contributed by atoms with E-state index in [0.29, 0.717) is 5.92 Å². The van der Waals surface area contributed by atoms with Crippen molar-refractivity contribution in [3.05, 3.63) is 32.9 Å². The van der Waals surface area contributed by atoms with Gasteiger partial charge in [0.25, 0.3) is 0 Å². The second-order valence-electron chi connectivity index (χ2n) is 5.22. The van der Waals surface area contributed by atoms with Crippen molar-refractivity contribution in [3.8, 4) is 0 Å². The predicted octanol–water partition coefficient (Wildman–Crippen LogP) is 5.76. The molecule has 0 amide bonds. The molecule has 0 saturated heterocycles. The van der Waals surface area contributed by atoms with E-state index in [1.807, 2.05) is 0 Å². The van der Waals surface area contributed by atoms with Crippen molar-refractivity contribution in [1.82, 2.24) is 0 Å². The van der Waals surface area contributed by atoms with Gasteiger partial charge in [-0.05, 0) is 53.9 Å². The zero-order valence-corrected chi connectivity index (χ0v) is 12.7.